The average molecular weight is 858 g/mol. The van der Waals surface area contributed by atoms with E-state index in [-0.39, 0.29) is 28.5 Å². The summed E-state index contributed by atoms with van der Waals surface area (Å²) in [6.45, 7) is 0. The summed E-state index contributed by atoms with van der Waals surface area (Å²) in [5.74, 6) is 0.956. The van der Waals surface area contributed by atoms with Gasteiger partial charge in [0.15, 0.2) is 0 Å². The molecule has 0 spiro atoms. The number of pyridine rings is 4. The summed E-state index contributed by atoms with van der Waals surface area (Å²) in [7, 11) is 18.9. The molecule has 8 rings (SSSR count). The second-order valence-electron chi connectivity index (χ2n) is 9.50. The molecule has 0 saturated carbocycles. The number of hydrogen-bond donors (Lipinski definition) is 4. The predicted molar refractivity (Wildman–Crippen MR) is 201 cm³/mol. The van der Waals surface area contributed by atoms with Crippen LogP contribution in [-0.4, -0.2) is 45.8 Å². The number of fused-ring (bicyclic) bond motifs is 4. The number of benzene rings is 4. The first kappa shape index (κ1) is 43.0. The number of para-hydroxylation sites is 4. The van der Waals surface area contributed by atoms with E-state index in [0.29, 0.717) is 47.9 Å². The third-order valence-electron chi connectivity index (χ3n) is 6.45. The van der Waals surface area contributed by atoms with E-state index in [2.05, 4.69) is 19.9 Å². The summed E-state index contributed by atoms with van der Waals surface area (Å²) in [6.07, 6.45) is 6.67. The molecule has 0 aliphatic carbocycles. The van der Waals surface area contributed by atoms with Crippen LogP contribution in [0.3, 0.4) is 0 Å². The molecule has 4 aromatic heterocycles. The van der Waals surface area contributed by atoms with Crippen LogP contribution in [0.15, 0.2) is 146 Å². The number of aromatic nitrogens is 4. The molecule has 0 bridgehead atoms. The Morgan fingerprint density at radius 3 is 0.686 bits per heavy atom. The molecule has 8 aromatic rings. The van der Waals surface area contributed by atoms with Gasteiger partial charge in [0.1, 0.15) is 45.1 Å². The molecule has 0 aliphatic rings. The van der Waals surface area contributed by atoms with Crippen molar-refractivity contribution in [2.45, 2.75) is 0 Å². The van der Waals surface area contributed by atoms with E-state index in [4.69, 9.17) is 40.6 Å². The van der Waals surface area contributed by atoms with E-state index in [9.17, 15) is 20.4 Å². The van der Waals surface area contributed by atoms with Gasteiger partial charge >= 0.3 is 66.4 Å². The Hall–Kier alpha value is -4.15. The molecule has 9 nitrogen and oxygen atoms in total. The van der Waals surface area contributed by atoms with E-state index in [1.807, 2.05) is 72.8 Å². The van der Waals surface area contributed by atoms with Crippen LogP contribution in [-0.2, 0) is 25.8 Å². The molecular formula is C36H30Cl4Co2N4O5. The van der Waals surface area contributed by atoms with Gasteiger partial charge in [-0.15, -0.1) is 0 Å². The Balaban J connectivity index is 0.000000222. The summed E-state index contributed by atoms with van der Waals surface area (Å²) in [5.41, 5.74) is 2.65. The van der Waals surface area contributed by atoms with Gasteiger partial charge in [0.2, 0.25) is 0 Å². The monoisotopic (exact) mass is 856 g/mol. The molecule has 0 amide bonds. The fraction of sp³-hybridized carbons (Fsp3) is 0. The Kier molecular flexibility index (Phi) is 20.3. The molecule has 0 aliphatic heterocycles. The third-order valence-corrected chi connectivity index (χ3v) is 6.45. The molecule has 51 heavy (non-hydrogen) atoms. The van der Waals surface area contributed by atoms with E-state index in [1.54, 1.807) is 73.3 Å². The molecular weight excluding hydrogens is 828 g/mol. The standard InChI is InChI=1S/4C9H7NO.4ClH.2Co.H2O/c4*11-8-5-1-3-7-4-2-6-10-9(7)8;;;;;;;/h4*1-6,11H;4*1H;;;1H2/q;;;;;;;;2*+2;/p-4. The van der Waals surface area contributed by atoms with Gasteiger partial charge < -0.3 is 25.9 Å². The molecule has 4 heterocycles. The molecule has 270 valence electrons. The van der Waals surface area contributed by atoms with Gasteiger partial charge in [-0.3, -0.25) is 19.9 Å². The molecule has 15 heteroatoms. The van der Waals surface area contributed by atoms with Gasteiger partial charge in [0.05, 0.1) is 0 Å². The van der Waals surface area contributed by atoms with Gasteiger partial charge in [0, 0.05) is 46.3 Å². The fourth-order valence-corrected chi connectivity index (χ4v) is 4.35. The van der Waals surface area contributed by atoms with Crippen molar-refractivity contribution in [3.8, 4) is 23.0 Å². The number of nitrogens with zero attached hydrogens (tertiary/aromatic N) is 4. The molecule has 0 unspecified atom stereocenters. The van der Waals surface area contributed by atoms with E-state index < -0.39 is 0 Å². The Bertz CT molecular complexity index is 1890. The van der Waals surface area contributed by atoms with Crippen molar-refractivity contribution in [1.29, 1.82) is 0 Å². The number of aromatic hydroxyl groups is 4. The van der Waals surface area contributed by atoms with Crippen molar-refractivity contribution >= 4 is 84.2 Å². The predicted octanol–water partition coefficient (Wildman–Crippen LogP) is 9.69. The van der Waals surface area contributed by atoms with Crippen LogP contribution in [0.25, 0.3) is 43.6 Å². The first-order valence-electron chi connectivity index (χ1n) is 14.1. The Morgan fingerprint density at radius 2 is 0.510 bits per heavy atom. The van der Waals surface area contributed by atoms with Crippen LogP contribution < -0.4 is 0 Å². The second-order valence-corrected chi connectivity index (χ2v) is 12.9. The number of hydrogen-bond acceptors (Lipinski definition) is 8. The van der Waals surface area contributed by atoms with E-state index in [0.717, 1.165) is 21.5 Å². The van der Waals surface area contributed by atoms with Crippen LogP contribution in [0.5, 0.6) is 23.0 Å². The van der Waals surface area contributed by atoms with Crippen molar-refractivity contribution < 1.29 is 51.7 Å². The van der Waals surface area contributed by atoms with Crippen molar-refractivity contribution in [1.82, 2.24) is 19.9 Å². The summed E-state index contributed by atoms with van der Waals surface area (Å²) in [5, 5.41) is 41.1. The number of halogens is 4. The van der Waals surface area contributed by atoms with Gasteiger partial charge in [-0.05, 0) is 48.5 Å². The van der Waals surface area contributed by atoms with E-state index >= 15 is 0 Å². The van der Waals surface area contributed by atoms with Crippen LogP contribution in [0.2, 0.25) is 0 Å². The van der Waals surface area contributed by atoms with Crippen LogP contribution in [0, 0.1) is 0 Å². The fourth-order valence-electron chi connectivity index (χ4n) is 4.35. The normalized spacial score (nSPS) is 9.65. The van der Waals surface area contributed by atoms with Crippen molar-refractivity contribution in [2.24, 2.45) is 0 Å². The molecule has 4 aromatic carbocycles. The van der Waals surface area contributed by atoms with Crippen LogP contribution in [0.1, 0.15) is 0 Å². The summed E-state index contributed by atoms with van der Waals surface area (Å²) in [4.78, 5) is 16.1. The zero-order chi connectivity index (χ0) is 36.1. The summed E-state index contributed by atoms with van der Waals surface area (Å²) >= 11 is 0.764. The molecule has 0 atom stereocenters. The number of phenolic OH excluding ortho intramolecular Hbond substituents is 4. The minimum absolute atomic E-state index is 0. The quantitative estimate of drug-likeness (QED) is 0.117. The van der Waals surface area contributed by atoms with Gasteiger partial charge in [0.25, 0.3) is 0 Å². The zero-order valence-electron chi connectivity index (χ0n) is 26.1. The van der Waals surface area contributed by atoms with Gasteiger partial charge in [-0.1, -0.05) is 72.8 Å². The molecule has 0 fully saturated rings. The SMILES string of the molecule is O.Oc1cccc2cccnc12.Oc1cccc2cccnc12.Oc1cccc2cccnc12.Oc1cccc2cccnc12.[Cl][Co][Cl].[Cl][Co][Cl]. The van der Waals surface area contributed by atoms with Gasteiger partial charge in [-0.2, -0.15) is 0 Å². The average Bonchev–Trinajstić information content (AvgIpc) is 3.14. The topological polar surface area (TPSA) is 164 Å². The minimum atomic E-state index is 0. The van der Waals surface area contributed by atoms with Crippen molar-refractivity contribution in [2.75, 3.05) is 0 Å². The summed E-state index contributed by atoms with van der Waals surface area (Å²) in [6, 6.07) is 36.5. The third kappa shape index (κ3) is 13.8. The zero-order valence-corrected chi connectivity index (χ0v) is 31.2. The number of rotatable bonds is 0. The van der Waals surface area contributed by atoms with Crippen molar-refractivity contribution in [3.05, 3.63) is 146 Å². The maximum atomic E-state index is 9.31. The Labute approximate surface area is 322 Å². The maximum absolute atomic E-state index is 9.31. The first-order chi connectivity index (χ1) is 24.3. The molecule has 0 radical (unpaired) electrons. The van der Waals surface area contributed by atoms with Crippen molar-refractivity contribution in [3.63, 3.8) is 0 Å². The van der Waals surface area contributed by atoms with Crippen LogP contribution >= 0.6 is 40.6 Å². The van der Waals surface area contributed by atoms with E-state index in [1.165, 1.54) is 0 Å². The first-order valence-corrected chi connectivity index (χ1v) is 19.9. The number of phenols is 4. The summed E-state index contributed by atoms with van der Waals surface area (Å²) < 4.78 is 0. The molecule has 0 saturated heterocycles. The second kappa shape index (κ2) is 24.1. The van der Waals surface area contributed by atoms with Gasteiger partial charge in [-0.25, -0.2) is 0 Å². The van der Waals surface area contributed by atoms with Crippen LogP contribution in [0.4, 0.5) is 0 Å². The molecule has 6 N–H and O–H groups in total. The Morgan fingerprint density at radius 1 is 0.333 bits per heavy atom.